The van der Waals surface area contributed by atoms with Gasteiger partial charge in [0.15, 0.2) is 0 Å². The van der Waals surface area contributed by atoms with E-state index in [1.54, 1.807) is 0 Å². The standard InChI is InChI=1S/C14H26N4O2/c1-4-8-15-11(3)13-16-17-14(20-13)18-9-6-7-12(10-18)19-5-2/h11-12,15H,4-10H2,1-3H3. The van der Waals surface area contributed by atoms with Crippen molar-refractivity contribution in [3.8, 4) is 0 Å². The second-order valence-electron chi connectivity index (χ2n) is 5.26. The zero-order valence-electron chi connectivity index (χ0n) is 12.8. The molecular formula is C14H26N4O2. The molecule has 0 saturated carbocycles. The van der Waals surface area contributed by atoms with Crippen molar-refractivity contribution in [1.82, 2.24) is 15.5 Å². The maximum absolute atomic E-state index is 5.79. The molecule has 0 aromatic carbocycles. The molecule has 0 aliphatic carbocycles. The molecule has 2 heterocycles. The molecule has 2 unspecified atom stereocenters. The fraction of sp³-hybridized carbons (Fsp3) is 0.857. The number of ether oxygens (including phenoxy) is 1. The van der Waals surface area contributed by atoms with E-state index in [9.17, 15) is 0 Å². The van der Waals surface area contributed by atoms with E-state index in [-0.39, 0.29) is 12.1 Å². The van der Waals surface area contributed by atoms with Crippen molar-refractivity contribution in [3.63, 3.8) is 0 Å². The molecule has 6 nitrogen and oxygen atoms in total. The molecule has 2 rings (SSSR count). The summed E-state index contributed by atoms with van der Waals surface area (Å²) < 4.78 is 11.5. The predicted molar refractivity (Wildman–Crippen MR) is 77.9 cm³/mol. The van der Waals surface area contributed by atoms with E-state index >= 15 is 0 Å². The summed E-state index contributed by atoms with van der Waals surface area (Å²) in [6.45, 7) is 9.73. The number of anilines is 1. The molecular weight excluding hydrogens is 256 g/mol. The van der Waals surface area contributed by atoms with Crippen LogP contribution in [0.3, 0.4) is 0 Å². The van der Waals surface area contributed by atoms with Gasteiger partial charge in [0.25, 0.3) is 0 Å². The lowest BCUT2D eigenvalue weighted by molar-refractivity contribution is 0.0516. The van der Waals surface area contributed by atoms with Crippen molar-refractivity contribution in [2.24, 2.45) is 0 Å². The Morgan fingerprint density at radius 3 is 3.05 bits per heavy atom. The Morgan fingerprint density at radius 1 is 1.45 bits per heavy atom. The number of aromatic nitrogens is 2. The topological polar surface area (TPSA) is 63.4 Å². The highest BCUT2D eigenvalue weighted by atomic mass is 16.5. The molecule has 1 aromatic rings. The summed E-state index contributed by atoms with van der Waals surface area (Å²) in [6, 6.07) is 0.721. The quantitative estimate of drug-likeness (QED) is 0.826. The fourth-order valence-electron chi connectivity index (χ4n) is 2.46. The van der Waals surface area contributed by atoms with Crippen LogP contribution in [0.25, 0.3) is 0 Å². The van der Waals surface area contributed by atoms with Gasteiger partial charge in [-0.1, -0.05) is 12.0 Å². The van der Waals surface area contributed by atoms with Gasteiger partial charge in [-0.15, -0.1) is 5.10 Å². The first-order valence-electron chi connectivity index (χ1n) is 7.67. The van der Waals surface area contributed by atoms with Gasteiger partial charge in [0.2, 0.25) is 5.89 Å². The van der Waals surface area contributed by atoms with Crippen molar-refractivity contribution < 1.29 is 9.15 Å². The summed E-state index contributed by atoms with van der Waals surface area (Å²) in [5.41, 5.74) is 0. The Morgan fingerprint density at radius 2 is 2.30 bits per heavy atom. The second kappa shape index (κ2) is 7.59. The molecule has 20 heavy (non-hydrogen) atoms. The molecule has 1 aliphatic rings. The highest BCUT2D eigenvalue weighted by molar-refractivity contribution is 5.25. The lowest BCUT2D eigenvalue weighted by Crippen LogP contribution is -2.39. The minimum absolute atomic E-state index is 0.101. The third-order valence-electron chi connectivity index (χ3n) is 3.55. The number of piperidine rings is 1. The van der Waals surface area contributed by atoms with Gasteiger partial charge < -0.3 is 19.4 Å². The van der Waals surface area contributed by atoms with Gasteiger partial charge >= 0.3 is 6.01 Å². The Labute approximate surface area is 120 Å². The first kappa shape index (κ1) is 15.3. The van der Waals surface area contributed by atoms with Gasteiger partial charge in [-0.05, 0) is 39.7 Å². The van der Waals surface area contributed by atoms with E-state index in [0.717, 1.165) is 45.5 Å². The largest absolute Gasteiger partial charge is 0.406 e. The Kier molecular flexibility index (Phi) is 5.79. The zero-order valence-corrected chi connectivity index (χ0v) is 12.8. The molecule has 1 fully saturated rings. The summed E-state index contributed by atoms with van der Waals surface area (Å²) in [5, 5.41) is 11.7. The molecule has 2 atom stereocenters. The van der Waals surface area contributed by atoms with Crippen LogP contribution < -0.4 is 10.2 Å². The van der Waals surface area contributed by atoms with E-state index < -0.39 is 0 Å². The van der Waals surface area contributed by atoms with Crippen LogP contribution in [0.5, 0.6) is 0 Å². The zero-order chi connectivity index (χ0) is 14.4. The first-order chi connectivity index (χ1) is 9.74. The maximum atomic E-state index is 5.79. The Bertz CT molecular complexity index is 394. The van der Waals surface area contributed by atoms with Gasteiger partial charge in [0, 0.05) is 19.7 Å². The van der Waals surface area contributed by atoms with E-state index in [4.69, 9.17) is 9.15 Å². The molecule has 0 bridgehead atoms. The smallest absolute Gasteiger partial charge is 0.318 e. The maximum Gasteiger partial charge on any atom is 0.318 e. The number of rotatable bonds is 7. The lowest BCUT2D eigenvalue weighted by atomic mass is 10.1. The molecule has 1 N–H and O–H groups in total. The molecule has 6 heteroatoms. The van der Waals surface area contributed by atoms with Crippen LogP contribution in [0.2, 0.25) is 0 Å². The number of nitrogens with one attached hydrogen (secondary N) is 1. The van der Waals surface area contributed by atoms with Crippen molar-refractivity contribution in [3.05, 3.63) is 5.89 Å². The Hall–Kier alpha value is -1.14. The van der Waals surface area contributed by atoms with Crippen LogP contribution in [-0.4, -0.2) is 42.5 Å². The minimum atomic E-state index is 0.101. The van der Waals surface area contributed by atoms with Crippen molar-refractivity contribution in [1.29, 1.82) is 0 Å². The third kappa shape index (κ3) is 3.93. The second-order valence-corrected chi connectivity index (χ2v) is 5.26. The highest BCUT2D eigenvalue weighted by Crippen LogP contribution is 2.22. The van der Waals surface area contributed by atoms with Gasteiger partial charge in [0.1, 0.15) is 0 Å². The summed E-state index contributed by atoms with van der Waals surface area (Å²) in [7, 11) is 0. The predicted octanol–water partition coefficient (Wildman–Crippen LogP) is 2.14. The molecule has 114 valence electrons. The van der Waals surface area contributed by atoms with Gasteiger partial charge in [-0.2, -0.15) is 0 Å². The van der Waals surface area contributed by atoms with Gasteiger partial charge in [-0.25, -0.2) is 0 Å². The summed E-state index contributed by atoms with van der Waals surface area (Å²) in [5.74, 6) is 0.659. The van der Waals surface area contributed by atoms with Crippen molar-refractivity contribution in [2.75, 3.05) is 31.1 Å². The molecule has 0 amide bonds. The molecule has 1 saturated heterocycles. The lowest BCUT2D eigenvalue weighted by Gasteiger charge is -2.30. The normalized spacial score (nSPS) is 21.1. The first-order valence-corrected chi connectivity index (χ1v) is 7.67. The number of hydrogen-bond donors (Lipinski definition) is 1. The van der Waals surface area contributed by atoms with Crippen LogP contribution in [0.15, 0.2) is 4.42 Å². The monoisotopic (exact) mass is 282 g/mol. The fourth-order valence-corrected chi connectivity index (χ4v) is 2.46. The van der Waals surface area contributed by atoms with Crippen molar-refractivity contribution in [2.45, 2.75) is 52.2 Å². The van der Waals surface area contributed by atoms with Crippen LogP contribution >= 0.6 is 0 Å². The van der Waals surface area contributed by atoms with Gasteiger partial charge in [0.05, 0.1) is 12.1 Å². The van der Waals surface area contributed by atoms with E-state index in [1.807, 2.05) is 13.8 Å². The summed E-state index contributed by atoms with van der Waals surface area (Å²) in [6.07, 6.45) is 3.58. The van der Waals surface area contributed by atoms with E-state index in [1.165, 1.54) is 0 Å². The third-order valence-corrected chi connectivity index (χ3v) is 3.55. The highest BCUT2D eigenvalue weighted by Gasteiger charge is 2.24. The average Bonchev–Trinajstić information content (AvgIpc) is 2.95. The molecule has 0 spiro atoms. The van der Waals surface area contributed by atoms with Crippen LogP contribution in [0.4, 0.5) is 6.01 Å². The molecule has 1 aromatic heterocycles. The van der Waals surface area contributed by atoms with Crippen LogP contribution in [0.1, 0.15) is 52.0 Å². The van der Waals surface area contributed by atoms with Crippen LogP contribution in [0, 0.1) is 0 Å². The number of hydrogen-bond acceptors (Lipinski definition) is 6. The number of nitrogens with zero attached hydrogens (tertiary/aromatic N) is 3. The molecule has 0 radical (unpaired) electrons. The summed E-state index contributed by atoms with van der Waals surface area (Å²) in [4.78, 5) is 2.13. The van der Waals surface area contributed by atoms with E-state index in [0.29, 0.717) is 11.9 Å². The average molecular weight is 282 g/mol. The molecule has 1 aliphatic heterocycles. The Balaban J connectivity index is 1.93. The summed E-state index contributed by atoms with van der Waals surface area (Å²) >= 11 is 0. The minimum Gasteiger partial charge on any atom is -0.406 e. The van der Waals surface area contributed by atoms with Gasteiger partial charge in [-0.3, -0.25) is 0 Å². The SMILES string of the molecule is CCCNC(C)c1nnc(N2CCCC(OCC)C2)o1. The van der Waals surface area contributed by atoms with E-state index in [2.05, 4.69) is 27.3 Å². The van der Waals surface area contributed by atoms with Crippen molar-refractivity contribution >= 4 is 6.01 Å². The van der Waals surface area contributed by atoms with Crippen LogP contribution in [-0.2, 0) is 4.74 Å².